The Hall–Kier alpha value is -1.09. The Morgan fingerprint density at radius 2 is 2.07 bits per heavy atom. The van der Waals surface area contributed by atoms with Gasteiger partial charge in [0.15, 0.2) is 0 Å². The van der Waals surface area contributed by atoms with E-state index in [1.54, 1.807) is 19.0 Å². The molecular formula is C12H14BrNO. The van der Waals surface area contributed by atoms with Crippen LogP contribution in [0.1, 0.15) is 22.8 Å². The van der Waals surface area contributed by atoms with E-state index >= 15 is 0 Å². The van der Waals surface area contributed by atoms with Crippen molar-refractivity contribution in [3.63, 3.8) is 0 Å². The summed E-state index contributed by atoms with van der Waals surface area (Å²) < 4.78 is 0.978. The molecule has 0 atom stereocenters. The fourth-order valence-corrected chi connectivity index (χ4v) is 1.67. The van der Waals surface area contributed by atoms with E-state index < -0.39 is 0 Å². The van der Waals surface area contributed by atoms with E-state index in [-0.39, 0.29) is 5.91 Å². The molecule has 1 aromatic carbocycles. The van der Waals surface area contributed by atoms with Crippen molar-refractivity contribution in [1.82, 2.24) is 4.90 Å². The van der Waals surface area contributed by atoms with Gasteiger partial charge >= 0.3 is 0 Å². The number of carbonyl (C=O) groups excluding carboxylic acids is 1. The molecule has 0 fully saturated rings. The van der Waals surface area contributed by atoms with Crippen molar-refractivity contribution in [2.75, 3.05) is 14.1 Å². The third-order valence-electron chi connectivity index (χ3n) is 2.00. The number of halogens is 1. The highest BCUT2D eigenvalue weighted by Gasteiger charge is 2.11. The molecule has 0 aromatic heterocycles. The van der Waals surface area contributed by atoms with Crippen LogP contribution in [0.25, 0.3) is 6.08 Å². The van der Waals surface area contributed by atoms with Gasteiger partial charge in [0, 0.05) is 24.1 Å². The van der Waals surface area contributed by atoms with Crippen LogP contribution >= 0.6 is 15.9 Å². The molecule has 0 N–H and O–H groups in total. The first kappa shape index (κ1) is 12.0. The Morgan fingerprint density at radius 1 is 1.40 bits per heavy atom. The lowest BCUT2D eigenvalue weighted by Gasteiger charge is -2.12. The molecule has 0 aliphatic carbocycles. The molecule has 1 aromatic rings. The number of carbonyl (C=O) groups is 1. The maximum atomic E-state index is 11.8. The lowest BCUT2D eigenvalue weighted by Crippen LogP contribution is -2.22. The molecule has 0 aliphatic heterocycles. The number of hydrogen-bond donors (Lipinski definition) is 0. The largest absolute Gasteiger partial charge is 0.345 e. The van der Waals surface area contributed by atoms with Crippen LogP contribution in [0.4, 0.5) is 0 Å². The summed E-state index contributed by atoms with van der Waals surface area (Å²) >= 11 is 3.39. The van der Waals surface area contributed by atoms with E-state index in [0.717, 1.165) is 15.6 Å². The maximum absolute atomic E-state index is 11.8. The van der Waals surface area contributed by atoms with Crippen molar-refractivity contribution in [3.05, 3.63) is 39.9 Å². The predicted molar refractivity (Wildman–Crippen MR) is 66.9 cm³/mol. The van der Waals surface area contributed by atoms with E-state index in [2.05, 4.69) is 15.9 Å². The van der Waals surface area contributed by atoms with Gasteiger partial charge < -0.3 is 4.90 Å². The molecule has 0 spiro atoms. The van der Waals surface area contributed by atoms with Gasteiger partial charge in [-0.05, 0) is 30.7 Å². The number of rotatable bonds is 2. The standard InChI is InChI=1S/C12H14BrNO/c1-4-5-9-8-10(13)6-7-11(9)12(15)14(2)3/h4-8H,1-3H3/b5-4+. The highest BCUT2D eigenvalue weighted by atomic mass is 79.9. The first-order valence-corrected chi connectivity index (χ1v) is 5.49. The Kier molecular flexibility index (Phi) is 4.09. The Bertz CT molecular complexity index is 397. The molecule has 0 heterocycles. The first-order chi connectivity index (χ1) is 7.06. The van der Waals surface area contributed by atoms with E-state index in [1.165, 1.54) is 0 Å². The Morgan fingerprint density at radius 3 is 2.60 bits per heavy atom. The predicted octanol–water partition coefficient (Wildman–Crippen LogP) is 3.18. The second kappa shape index (κ2) is 5.12. The molecule has 0 saturated heterocycles. The second-order valence-corrected chi connectivity index (χ2v) is 4.35. The van der Waals surface area contributed by atoms with Crippen LogP contribution in [0, 0.1) is 0 Å². The summed E-state index contributed by atoms with van der Waals surface area (Å²) in [6, 6.07) is 5.65. The van der Waals surface area contributed by atoms with Gasteiger partial charge in [-0.15, -0.1) is 0 Å². The minimum Gasteiger partial charge on any atom is -0.345 e. The zero-order valence-corrected chi connectivity index (χ0v) is 10.7. The summed E-state index contributed by atoms with van der Waals surface area (Å²) in [5.41, 5.74) is 1.66. The van der Waals surface area contributed by atoms with Crippen molar-refractivity contribution in [2.24, 2.45) is 0 Å². The fourth-order valence-electron chi connectivity index (χ4n) is 1.29. The topological polar surface area (TPSA) is 20.3 Å². The van der Waals surface area contributed by atoms with Gasteiger partial charge in [0.25, 0.3) is 5.91 Å². The van der Waals surface area contributed by atoms with Gasteiger partial charge in [0.05, 0.1) is 0 Å². The third-order valence-corrected chi connectivity index (χ3v) is 2.49. The molecule has 0 radical (unpaired) electrons. The van der Waals surface area contributed by atoms with E-state index in [4.69, 9.17) is 0 Å². The molecule has 80 valence electrons. The third kappa shape index (κ3) is 2.93. The van der Waals surface area contributed by atoms with Crippen LogP contribution in [-0.4, -0.2) is 24.9 Å². The molecule has 0 bridgehead atoms. The summed E-state index contributed by atoms with van der Waals surface area (Å²) in [5, 5.41) is 0. The number of allylic oxidation sites excluding steroid dienone is 1. The first-order valence-electron chi connectivity index (χ1n) is 4.70. The summed E-state index contributed by atoms with van der Waals surface area (Å²) in [6.07, 6.45) is 3.86. The number of benzene rings is 1. The van der Waals surface area contributed by atoms with Crippen LogP contribution in [0.15, 0.2) is 28.7 Å². The van der Waals surface area contributed by atoms with Crippen LogP contribution in [0.2, 0.25) is 0 Å². The van der Waals surface area contributed by atoms with Gasteiger partial charge in [0.1, 0.15) is 0 Å². The number of nitrogens with zero attached hydrogens (tertiary/aromatic N) is 1. The lowest BCUT2D eigenvalue weighted by molar-refractivity contribution is 0.0827. The van der Waals surface area contributed by atoms with Crippen molar-refractivity contribution >= 4 is 27.9 Å². The van der Waals surface area contributed by atoms with Crippen LogP contribution < -0.4 is 0 Å². The molecule has 0 aliphatic rings. The van der Waals surface area contributed by atoms with E-state index in [1.807, 2.05) is 37.3 Å². The van der Waals surface area contributed by atoms with Crippen molar-refractivity contribution in [1.29, 1.82) is 0 Å². The van der Waals surface area contributed by atoms with Gasteiger partial charge in [-0.2, -0.15) is 0 Å². The molecule has 1 rings (SSSR count). The molecule has 0 saturated carbocycles. The zero-order chi connectivity index (χ0) is 11.4. The summed E-state index contributed by atoms with van der Waals surface area (Å²) in [5.74, 6) is 0.0237. The van der Waals surface area contributed by atoms with Crippen molar-refractivity contribution < 1.29 is 4.79 Å². The number of amides is 1. The zero-order valence-electron chi connectivity index (χ0n) is 9.12. The Labute approximate surface area is 98.7 Å². The summed E-state index contributed by atoms with van der Waals surface area (Å²) in [4.78, 5) is 13.4. The fraction of sp³-hybridized carbons (Fsp3) is 0.250. The van der Waals surface area contributed by atoms with Crippen molar-refractivity contribution in [2.45, 2.75) is 6.92 Å². The van der Waals surface area contributed by atoms with Gasteiger partial charge in [-0.1, -0.05) is 28.1 Å². The SMILES string of the molecule is C/C=C/c1cc(Br)ccc1C(=O)N(C)C. The van der Waals surface area contributed by atoms with Gasteiger partial charge in [0.2, 0.25) is 0 Å². The quantitative estimate of drug-likeness (QED) is 0.806. The average Bonchev–Trinajstić information content (AvgIpc) is 2.17. The molecule has 15 heavy (non-hydrogen) atoms. The van der Waals surface area contributed by atoms with Crippen LogP contribution in [0.5, 0.6) is 0 Å². The molecular weight excluding hydrogens is 254 g/mol. The normalized spacial score (nSPS) is 10.7. The Balaban J connectivity index is 3.22. The second-order valence-electron chi connectivity index (χ2n) is 3.43. The highest BCUT2D eigenvalue weighted by Crippen LogP contribution is 2.19. The van der Waals surface area contributed by atoms with Crippen molar-refractivity contribution in [3.8, 4) is 0 Å². The molecule has 1 amide bonds. The highest BCUT2D eigenvalue weighted by molar-refractivity contribution is 9.10. The summed E-state index contributed by atoms with van der Waals surface area (Å²) in [7, 11) is 3.51. The average molecular weight is 268 g/mol. The minimum absolute atomic E-state index is 0.0237. The van der Waals surface area contributed by atoms with E-state index in [0.29, 0.717) is 0 Å². The minimum atomic E-state index is 0.0237. The van der Waals surface area contributed by atoms with E-state index in [9.17, 15) is 4.79 Å². The maximum Gasteiger partial charge on any atom is 0.253 e. The van der Waals surface area contributed by atoms with Crippen LogP contribution in [0.3, 0.4) is 0 Å². The number of hydrogen-bond acceptors (Lipinski definition) is 1. The molecule has 2 nitrogen and oxygen atoms in total. The smallest absolute Gasteiger partial charge is 0.253 e. The van der Waals surface area contributed by atoms with Crippen LogP contribution in [-0.2, 0) is 0 Å². The molecule has 0 unspecified atom stereocenters. The van der Waals surface area contributed by atoms with Gasteiger partial charge in [-0.25, -0.2) is 0 Å². The molecule has 3 heteroatoms. The summed E-state index contributed by atoms with van der Waals surface area (Å²) in [6.45, 7) is 1.94. The van der Waals surface area contributed by atoms with Gasteiger partial charge in [-0.3, -0.25) is 4.79 Å². The lowest BCUT2D eigenvalue weighted by atomic mass is 10.1. The monoisotopic (exact) mass is 267 g/mol.